The first-order valence-electron chi connectivity index (χ1n) is 5.83. The fourth-order valence-corrected chi connectivity index (χ4v) is 3.84. The second-order valence-electron chi connectivity index (χ2n) is 4.56. The molecule has 0 bridgehead atoms. The molecule has 0 aromatic carbocycles. The lowest BCUT2D eigenvalue weighted by Gasteiger charge is -2.34. The van der Waals surface area contributed by atoms with Crippen LogP contribution >= 0.6 is 27.7 Å². The second kappa shape index (κ2) is 5.48. The summed E-state index contributed by atoms with van der Waals surface area (Å²) < 4.78 is 0.695. The van der Waals surface area contributed by atoms with Gasteiger partial charge in [0.2, 0.25) is 0 Å². The van der Waals surface area contributed by atoms with Crippen molar-refractivity contribution < 1.29 is 4.79 Å². The Labute approximate surface area is 119 Å². The van der Waals surface area contributed by atoms with Crippen molar-refractivity contribution >= 4 is 39.4 Å². The van der Waals surface area contributed by atoms with Gasteiger partial charge in [-0.1, -0.05) is 13.8 Å². The average molecular weight is 330 g/mol. The molecule has 0 radical (unpaired) electrons. The fraction of sp³-hybridized carbons (Fsp3) is 0.500. The Bertz CT molecular complexity index is 459. The van der Waals surface area contributed by atoms with Crippen LogP contribution in [-0.2, 0) is 0 Å². The maximum Gasteiger partial charge on any atom is 0.255 e. The molecule has 0 aliphatic carbocycles. The third-order valence-corrected chi connectivity index (χ3v) is 4.67. The van der Waals surface area contributed by atoms with Crippen molar-refractivity contribution in [3.63, 3.8) is 0 Å². The number of nitrogens with zero attached hydrogens (tertiary/aromatic N) is 2. The molecular weight excluding hydrogens is 314 g/mol. The molecule has 6 heteroatoms. The summed E-state index contributed by atoms with van der Waals surface area (Å²) >= 11 is 5.28. The Balaban J connectivity index is 2.22. The van der Waals surface area contributed by atoms with Gasteiger partial charge in [-0.3, -0.25) is 4.79 Å². The summed E-state index contributed by atoms with van der Waals surface area (Å²) in [6, 6.07) is 1.63. The molecule has 0 saturated carbocycles. The first kappa shape index (κ1) is 13.7. The topological polar surface area (TPSA) is 59.2 Å². The minimum absolute atomic E-state index is 0.0231. The molecule has 18 heavy (non-hydrogen) atoms. The van der Waals surface area contributed by atoms with E-state index >= 15 is 0 Å². The van der Waals surface area contributed by atoms with Gasteiger partial charge in [0.15, 0.2) is 0 Å². The van der Waals surface area contributed by atoms with Gasteiger partial charge in [-0.2, -0.15) is 11.8 Å². The van der Waals surface area contributed by atoms with E-state index in [1.807, 2.05) is 16.7 Å². The maximum atomic E-state index is 12.5. The number of aromatic nitrogens is 1. The third-order valence-electron chi connectivity index (χ3n) is 2.81. The number of anilines is 1. The number of carbonyl (C=O) groups is 1. The summed E-state index contributed by atoms with van der Waals surface area (Å²) in [7, 11) is 0. The van der Waals surface area contributed by atoms with Crippen LogP contribution in [0.3, 0.4) is 0 Å². The van der Waals surface area contributed by atoms with Crippen molar-refractivity contribution in [2.24, 2.45) is 0 Å². The summed E-state index contributed by atoms with van der Waals surface area (Å²) in [5, 5.41) is 0.936. The predicted molar refractivity (Wildman–Crippen MR) is 78.8 cm³/mol. The molecule has 1 saturated heterocycles. The van der Waals surface area contributed by atoms with Crippen molar-refractivity contribution in [2.75, 3.05) is 18.8 Å². The van der Waals surface area contributed by atoms with Crippen LogP contribution in [0.5, 0.6) is 0 Å². The van der Waals surface area contributed by atoms with E-state index in [0.29, 0.717) is 26.4 Å². The molecule has 2 N–H and O–H groups in total. The second-order valence-corrected chi connectivity index (χ2v) is 7.29. The normalized spacial score (nSPS) is 24.1. The van der Waals surface area contributed by atoms with E-state index < -0.39 is 0 Å². The number of hydrogen-bond donors (Lipinski definition) is 1. The summed E-state index contributed by atoms with van der Waals surface area (Å²) in [6.45, 7) is 5.86. The highest BCUT2D eigenvalue weighted by molar-refractivity contribution is 9.10. The maximum absolute atomic E-state index is 12.5. The van der Waals surface area contributed by atoms with E-state index in [4.69, 9.17) is 5.73 Å². The van der Waals surface area contributed by atoms with Crippen LogP contribution in [0, 0.1) is 0 Å². The summed E-state index contributed by atoms with van der Waals surface area (Å²) in [4.78, 5) is 18.3. The monoisotopic (exact) mass is 329 g/mol. The number of nitrogens with two attached hydrogens (primary N) is 1. The van der Waals surface area contributed by atoms with E-state index in [1.54, 1.807) is 12.3 Å². The first-order chi connectivity index (χ1) is 8.47. The molecule has 1 aromatic rings. The van der Waals surface area contributed by atoms with Gasteiger partial charge < -0.3 is 10.6 Å². The zero-order valence-corrected chi connectivity index (χ0v) is 12.8. The van der Waals surface area contributed by atoms with Gasteiger partial charge in [0.05, 0.1) is 5.56 Å². The highest BCUT2D eigenvalue weighted by Crippen LogP contribution is 2.27. The molecule has 98 valence electrons. The van der Waals surface area contributed by atoms with Crippen LogP contribution in [0.4, 0.5) is 5.82 Å². The Kier molecular flexibility index (Phi) is 4.17. The largest absolute Gasteiger partial charge is 0.384 e. The fourth-order valence-electron chi connectivity index (χ4n) is 2.13. The minimum atomic E-state index is 0.0231. The molecule has 2 atom stereocenters. The number of nitrogen functional groups attached to an aromatic ring is 1. The van der Waals surface area contributed by atoms with E-state index in [1.165, 1.54) is 0 Å². The smallest absolute Gasteiger partial charge is 0.255 e. The van der Waals surface area contributed by atoms with E-state index in [2.05, 4.69) is 34.8 Å². The first-order valence-corrected chi connectivity index (χ1v) is 7.56. The zero-order chi connectivity index (χ0) is 13.3. The highest BCUT2D eigenvalue weighted by atomic mass is 79.9. The van der Waals surface area contributed by atoms with Crippen molar-refractivity contribution in [2.45, 2.75) is 24.3 Å². The van der Waals surface area contributed by atoms with E-state index in [9.17, 15) is 4.79 Å². The summed E-state index contributed by atoms with van der Waals surface area (Å²) in [5.41, 5.74) is 6.23. The molecule has 2 heterocycles. The highest BCUT2D eigenvalue weighted by Gasteiger charge is 2.27. The van der Waals surface area contributed by atoms with Crippen LogP contribution in [0.15, 0.2) is 16.7 Å². The number of halogens is 1. The molecule has 1 fully saturated rings. The van der Waals surface area contributed by atoms with Crippen LogP contribution in [0.25, 0.3) is 0 Å². The minimum Gasteiger partial charge on any atom is -0.384 e. The lowest BCUT2D eigenvalue weighted by molar-refractivity contribution is 0.0752. The van der Waals surface area contributed by atoms with Crippen LogP contribution < -0.4 is 5.73 Å². The molecule has 0 spiro atoms. The van der Waals surface area contributed by atoms with Gasteiger partial charge in [-0.25, -0.2) is 4.98 Å². The molecular formula is C12H16BrN3OS. The van der Waals surface area contributed by atoms with Crippen molar-refractivity contribution in [3.05, 3.63) is 22.3 Å². The number of pyridine rings is 1. The Morgan fingerprint density at radius 1 is 1.50 bits per heavy atom. The number of hydrogen-bond acceptors (Lipinski definition) is 4. The van der Waals surface area contributed by atoms with Gasteiger partial charge >= 0.3 is 0 Å². The lowest BCUT2D eigenvalue weighted by Crippen LogP contribution is -2.44. The van der Waals surface area contributed by atoms with Crippen molar-refractivity contribution in [3.8, 4) is 0 Å². The Morgan fingerprint density at radius 3 is 2.72 bits per heavy atom. The molecule has 1 amide bonds. The van der Waals surface area contributed by atoms with Crippen molar-refractivity contribution in [1.82, 2.24) is 9.88 Å². The van der Waals surface area contributed by atoms with Crippen molar-refractivity contribution in [1.29, 1.82) is 0 Å². The number of thioether (sulfide) groups is 1. The summed E-state index contributed by atoms with van der Waals surface area (Å²) in [5.74, 6) is 0.393. The molecule has 2 unspecified atom stereocenters. The zero-order valence-electron chi connectivity index (χ0n) is 10.4. The van der Waals surface area contributed by atoms with Crippen LogP contribution in [0.1, 0.15) is 24.2 Å². The van der Waals surface area contributed by atoms with E-state index in [0.717, 1.165) is 13.1 Å². The van der Waals surface area contributed by atoms with Gasteiger partial charge in [0.25, 0.3) is 5.91 Å². The van der Waals surface area contributed by atoms with Crippen LogP contribution in [0.2, 0.25) is 0 Å². The van der Waals surface area contributed by atoms with Gasteiger partial charge in [-0.05, 0) is 22.0 Å². The average Bonchev–Trinajstić information content (AvgIpc) is 2.30. The molecule has 1 aromatic heterocycles. The van der Waals surface area contributed by atoms with E-state index in [-0.39, 0.29) is 5.91 Å². The van der Waals surface area contributed by atoms with Gasteiger partial charge in [0, 0.05) is 34.3 Å². The van der Waals surface area contributed by atoms with Crippen LogP contribution in [-0.4, -0.2) is 39.4 Å². The standard InChI is InChI=1S/C12H16BrN3OS/c1-7-5-16(6-8(2)18-7)12(17)9-3-11(14)15-4-10(9)13/h3-4,7-8H,5-6H2,1-2H3,(H2,14,15). The Hall–Kier alpha value is -0.750. The molecule has 4 nitrogen and oxygen atoms in total. The number of amides is 1. The molecule has 1 aliphatic rings. The molecule has 2 rings (SSSR count). The molecule has 1 aliphatic heterocycles. The summed E-state index contributed by atoms with van der Waals surface area (Å²) in [6.07, 6.45) is 1.58. The Morgan fingerprint density at radius 2 is 2.11 bits per heavy atom. The predicted octanol–water partition coefficient (Wildman–Crippen LogP) is 2.39. The number of rotatable bonds is 1. The lowest BCUT2D eigenvalue weighted by atomic mass is 10.2. The third kappa shape index (κ3) is 2.98. The quantitative estimate of drug-likeness (QED) is 0.859. The van der Waals surface area contributed by atoms with Gasteiger partial charge in [-0.15, -0.1) is 0 Å². The SMILES string of the molecule is CC1CN(C(=O)c2cc(N)ncc2Br)CC(C)S1. The number of carbonyl (C=O) groups excluding carboxylic acids is 1. The van der Waals surface area contributed by atoms with Gasteiger partial charge in [0.1, 0.15) is 5.82 Å².